The second kappa shape index (κ2) is 7.49. The van der Waals surface area contributed by atoms with E-state index in [1.165, 1.54) is 35.5 Å². The molecule has 0 radical (unpaired) electrons. The Hall–Kier alpha value is -3.66. The predicted octanol–water partition coefficient (Wildman–Crippen LogP) is 2.95. The number of benzene rings is 2. The van der Waals surface area contributed by atoms with E-state index in [0.29, 0.717) is 5.69 Å². The molecule has 0 aromatic heterocycles. The van der Waals surface area contributed by atoms with Crippen LogP contribution in [0.15, 0.2) is 70.3 Å². The fraction of sp³-hybridized carbons (Fsp3) is 0.182. The zero-order valence-corrected chi connectivity index (χ0v) is 18.0. The summed E-state index contributed by atoms with van der Waals surface area (Å²) >= 11 is 3.34. The number of hydrogen-bond acceptors (Lipinski definition) is 7. The molecule has 4 atom stereocenters. The predicted molar refractivity (Wildman–Crippen MR) is 118 cm³/mol. The maximum atomic E-state index is 13.5. The zero-order valence-electron chi connectivity index (χ0n) is 16.4. The van der Waals surface area contributed by atoms with E-state index in [1.807, 2.05) is 0 Å². The summed E-state index contributed by atoms with van der Waals surface area (Å²) in [6.45, 7) is 0. The molecule has 3 aliphatic rings. The van der Waals surface area contributed by atoms with Gasteiger partial charge in [0.2, 0.25) is 11.8 Å². The first-order valence-corrected chi connectivity index (χ1v) is 10.6. The Balaban J connectivity index is 1.57. The van der Waals surface area contributed by atoms with Crippen LogP contribution in [0.3, 0.4) is 0 Å². The van der Waals surface area contributed by atoms with Gasteiger partial charge in [0.15, 0.2) is 5.78 Å². The Bertz CT molecular complexity index is 1230. The van der Waals surface area contributed by atoms with E-state index >= 15 is 0 Å². The number of allylic oxidation sites excluding steroid dienone is 1. The van der Waals surface area contributed by atoms with Gasteiger partial charge in [-0.05, 0) is 30.3 Å². The highest BCUT2D eigenvalue weighted by atomic mass is 79.9. The number of imide groups is 1. The monoisotopic (exact) mass is 494 g/mol. The number of hydrogen-bond donors (Lipinski definition) is 0. The number of carbonyl (C=O) groups excluding carboxylic acids is 3. The molecule has 2 fully saturated rings. The quantitative estimate of drug-likeness (QED) is 0.279. The molecule has 0 saturated carbocycles. The lowest BCUT2D eigenvalue weighted by molar-refractivity contribution is -0.384. The molecule has 10 heteroatoms. The van der Waals surface area contributed by atoms with Crippen molar-refractivity contribution in [1.29, 1.82) is 0 Å². The van der Waals surface area contributed by atoms with Crippen molar-refractivity contribution < 1.29 is 19.3 Å². The van der Waals surface area contributed by atoms with Gasteiger partial charge in [0.25, 0.3) is 5.69 Å². The Labute approximate surface area is 190 Å². The summed E-state index contributed by atoms with van der Waals surface area (Å²) in [5.74, 6) is -3.11. The average Bonchev–Trinajstić information content (AvgIpc) is 3.27. The Morgan fingerprint density at radius 3 is 2.50 bits per heavy atom. The molecule has 0 spiro atoms. The van der Waals surface area contributed by atoms with E-state index in [0.717, 1.165) is 9.37 Å². The van der Waals surface area contributed by atoms with Crippen LogP contribution >= 0.6 is 15.9 Å². The van der Waals surface area contributed by atoms with Crippen LogP contribution in [0.25, 0.3) is 0 Å². The second-order valence-electron chi connectivity index (χ2n) is 7.68. The van der Waals surface area contributed by atoms with Gasteiger partial charge < -0.3 is 0 Å². The van der Waals surface area contributed by atoms with Crippen molar-refractivity contribution in [3.8, 4) is 0 Å². The molecule has 2 amide bonds. The molecular weight excluding hydrogens is 480 g/mol. The highest BCUT2D eigenvalue weighted by Crippen LogP contribution is 2.46. The van der Waals surface area contributed by atoms with Crippen molar-refractivity contribution in [3.63, 3.8) is 0 Å². The number of nitrogens with zero attached hydrogens (tertiary/aromatic N) is 4. The Morgan fingerprint density at radius 1 is 1.06 bits per heavy atom. The van der Waals surface area contributed by atoms with Gasteiger partial charge in [-0.1, -0.05) is 34.1 Å². The lowest BCUT2D eigenvalue weighted by Crippen LogP contribution is -2.46. The van der Waals surface area contributed by atoms with Gasteiger partial charge in [0, 0.05) is 28.4 Å². The Morgan fingerprint density at radius 2 is 1.78 bits per heavy atom. The molecule has 160 valence electrons. The summed E-state index contributed by atoms with van der Waals surface area (Å²) in [6.07, 6.45) is 4.92. The number of fused-ring (bicyclic) bond motifs is 3. The van der Waals surface area contributed by atoms with Gasteiger partial charge in [0.05, 0.1) is 28.5 Å². The number of hydrazone groups is 1. The number of rotatable bonds is 4. The van der Waals surface area contributed by atoms with Gasteiger partial charge >= 0.3 is 0 Å². The molecule has 0 aliphatic carbocycles. The summed E-state index contributed by atoms with van der Waals surface area (Å²) in [7, 11) is 0. The topological polar surface area (TPSA) is 113 Å². The SMILES string of the molecule is O=C(c1cccc([N+](=O)[O-])c1)[C@@H]1[C@@H]2C(=O)N(c3ccc(Br)cc3)C(=O)[C@@H]2[C@@H]2C=CC=NN12. The minimum absolute atomic E-state index is 0.0932. The molecule has 32 heavy (non-hydrogen) atoms. The van der Waals surface area contributed by atoms with E-state index in [1.54, 1.807) is 36.4 Å². The third kappa shape index (κ3) is 2.98. The van der Waals surface area contributed by atoms with Gasteiger partial charge in [-0.25, -0.2) is 4.90 Å². The first-order valence-electron chi connectivity index (χ1n) is 9.79. The van der Waals surface area contributed by atoms with E-state index in [9.17, 15) is 24.5 Å². The van der Waals surface area contributed by atoms with E-state index in [2.05, 4.69) is 21.0 Å². The van der Waals surface area contributed by atoms with Crippen molar-refractivity contribution in [2.45, 2.75) is 12.1 Å². The normalized spacial score (nSPS) is 25.8. The maximum Gasteiger partial charge on any atom is 0.270 e. The number of ketones is 1. The van der Waals surface area contributed by atoms with Crippen molar-refractivity contribution in [2.75, 3.05) is 4.90 Å². The third-order valence-corrected chi connectivity index (χ3v) is 6.51. The molecule has 2 saturated heterocycles. The third-order valence-electron chi connectivity index (χ3n) is 5.99. The van der Waals surface area contributed by atoms with E-state index in [4.69, 9.17) is 0 Å². The van der Waals surface area contributed by atoms with Gasteiger partial charge in [-0.3, -0.25) is 29.5 Å². The largest absolute Gasteiger partial charge is 0.292 e. The van der Waals surface area contributed by atoms with Crippen molar-refractivity contribution in [2.24, 2.45) is 16.9 Å². The fourth-order valence-corrected chi connectivity index (χ4v) is 4.89. The fourth-order valence-electron chi connectivity index (χ4n) is 4.63. The first-order chi connectivity index (χ1) is 15.4. The number of halogens is 1. The summed E-state index contributed by atoms with van der Waals surface area (Å²) in [4.78, 5) is 52.1. The average molecular weight is 495 g/mol. The van der Waals surface area contributed by atoms with Crippen LogP contribution in [0.1, 0.15) is 10.4 Å². The molecule has 3 heterocycles. The lowest BCUT2D eigenvalue weighted by atomic mass is 9.86. The van der Waals surface area contributed by atoms with Crippen LogP contribution in [0.2, 0.25) is 0 Å². The van der Waals surface area contributed by atoms with Gasteiger partial charge in [-0.15, -0.1) is 0 Å². The van der Waals surface area contributed by atoms with Crippen molar-refractivity contribution >= 4 is 51.1 Å². The molecule has 2 aromatic rings. The van der Waals surface area contributed by atoms with Gasteiger partial charge in [0.1, 0.15) is 6.04 Å². The Kier molecular flexibility index (Phi) is 4.74. The minimum Gasteiger partial charge on any atom is -0.292 e. The molecule has 2 aromatic carbocycles. The molecule has 9 nitrogen and oxygen atoms in total. The van der Waals surface area contributed by atoms with Crippen LogP contribution in [-0.2, 0) is 9.59 Å². The molecule has 0 N–H and O–H groups in total. The maximum absolute atomic E-state index is 13.5. The second-order valence-corrected chi connectivity index (χ2v) is 8.59. The summed E-state index contributed by atoms with van der Waals surface area (Å²) < 4.78 is 0.801. The highest BCUT2D eigenvalue weighted by Gasteiger charge is 2.64. The summed E-state index contributed by atoms with van der Waals surface area (Å²) in [5, 5.41) is 16.9. The molecular formula is C22H15BrN4O5. The smallest absolute Gasteiger partial charge is 0.270 e. The van der Waals surface area contributed by atoms with Crippen LogP contribution < -0.4 is 4.90 Å². The van der Waals surface area contributed by atoms with E-state index in [-0.39, 0.29) is 11.3 Å². The molecule has 3 aliphatic heterocycles. The van der Waals surface area contributed by atoms with Crippen molar-refractivity contribution in [3.05, 3.63) is 80.8 Å². The highest BCUT2D eigenvalue weighted by molar-refractivity contribution is 9.10. The van der Waals surface area contributed by atoms with Crippen molar-refractivity contribution in [1.82, 2.24) is 5.01 Å². The molecule has 5 rings (SSSR count). The first kappa shape index (κ1) is 20.3. The molecule has 0 unspecified atom stereocenters. The number of anilines is 1. The zero-order chi connectivity index (χ0) is 22.6. The number of carbonyl (C=O) groups is 3. The van der Waals surface area contributed by atoms with Crippen LogP contribution in [0.4, 0.5) is 11.4 Å². The molecule has 0 bridgehead atoms. The number of Topliss-reactive ketones (excluding diaryl/α,β-unsaturated/α-hetero) is 1. The van der Waals surface area contributed by atoms with Gasteiger partial charge in [-0.2, -0.15) is 5.10 Å². The lowest BCUT2D eigenvalue weighted by Gasteiger charge is -2.30. The standard InChI is InChI=1S/C22H15BrN4O5/c23-13-6-8-14(9-7-13)25-21(29)17-16-5-2-10-24-26(16)19(18(17)22(25)30)20(28)12-3-1-4-15(11-12)27(31)32/h1-11,16-19H/t16-,17+,18+,19-/m0/s1. The minimum atomic E-state index is -1.05. The van der Waals surface area contributed by atoms with Crippen LogP contribution in [-0.4, -0.2) is 45.8 Å². The summed E-state index contributed by atoms with van der Waals surface area (Å²) in [5.41, 5.74) is 0.291. The number of non-ortho nitro benzene ring substituents is 1. The van der Waals surface area contributed by atoms with E-state index < -0.39 is 46.4 Å². The van der Waals surface area contributed by atoms with Crippen LogP contribution in [0, 0.1) is 22.0 Å². The number of amides is 2. The van der Waals surface area contributed by atoms with Crippen LogP contribution in [0.5, 0.6) is 0 Å². The summed E-state index contributed by atoms with van der Waals surface area (Å²) in [6, 6.07) is 10.5. The number of nitro groups is 1. The number of nitro benzene ring substituents is 1.